The molecule has 1 amide bonds. The number of hydrogen-bond acceptors (Lipinski definition) is 5. The first-order valence-corrected chi connectivity index (χ1v) is 8.36. The molecule has 2 aromatic rings. The normalized spacial score (nSPS) is 15.3. The number of anilines is 1. The molecule has 1 heterocycles. The molecule has 1 aliphatic heterocycles. The Hall–Kier alpha value is -3.02. The number of esters is 1. The summed E-state index contributed by atoms with van der Waals surface area (Å²) in [5.74, 6) is 0.557. The Morgan fingerprint density at radius 3 is 2.46 bits per heavy atom. The van der Waals surface area contributed by atoms with E-state index in [0.717, 1.165) is 11.3 Å². The predicted molar refractivity (Wildman–Crippen MR) is 96.7 cm³/mol. The first-order valence-electron chi connectivity index (χ1n) is 8.36. The van der Waals surface area contributed by atoms with Crippen LogP contribution in [0, 0.1) is 0 Å². The maximum atomic E-state index is 12.7. The summed E-state index contributed by atoms with van der Waals surface area (Å²) in [7, 11) is 2.92. The summed E-state index contributed by atoms with van der Waals surface area (Å²) in [6.07, 6.45) is 0.241. The Morgan fingerprint density at radius 2 is 1.73 bits per heavy atom. The molecular weight excluding hydrogens is 334 g/mol. The van der Waals surface area contributed by atoms with Gasteiger partial charge in [0.25, 0.3) is 5.91 Å². The number of amides is 1. The van der Waals surface area contributed by atoms with Crippen molar-refractivity contribution in [3.05, 3.63) is 54.1 Å². The molecule has 0 bridgehead atoms. The second-order valence-corrected chi connectivity index (χ2v) is 5.98. The minimum Gasteiger partial charge on any atom is -0.493 e. The number of hydrogen-bond donors (Lipinski definition) is 0. The van der Waals surface area contributed by atoms with E-state index in [1.165, 1.54) is 7.11 Å². The minimum atomic E-state index is -0.288. The van der Waals surface area contributed by atoms with Crippen molar-refractivity contribution < 1.29 is 23.8 Å². The van der Waals surface area contributed by atoms with Gasteiger partial charge < -0.3 is 19.1 Å². The lowest BCUT2D eigenvalue weighted by atomic mass is 9.98. The van der Waals surface area contributed by atoms with Crippen molar-refractivity contribution >= 4 is 17.6 Å². The van der Waals surface area contributed by atoms with Crippen LogP contribution in [-0.4, -0.2) is 39.2 Å². The van der Waals surface area contributed by atoms with Crippen LogP contribution in [0.25, 0.3) is 0 Å². The van der Waals surface area contributed by atoms with Crippen LogP contribution < -0.4 is 14.4 Å². The number of nitrogens with zero attached hydrogens (tertiary/aromatic N) is 1. The third-order valence-corrected chi connectivity index (χ3v) is 4.43. The van der Waals surface area contributed by atoms with Crippen LogP contribution in [0.2, 0.25) is 0 Å². The van der Waals surface area contributed by atoms with E-state index in [9.17, 15) is 9.59 Å². The van der Waals surface area contributed by atoms with Crippen LogP contribution >= 0.6 is 0 Å². The van der Waals surface area contributed by atoms with Crippen molar-refractivity contribution in [1.82, 2.24) is 0 Å². The molecule has 0 spiro atoms. The highest BCUT2D eigenvalue weighted by Crippen LogP contribution is 2.38. The van der Waals surface area contributed by atoms with Gasteiger partial charge in [0.2, 0.25) is 0 Å². The van der Waals surface area contributed by atoms with Gasteiger partial charge in [-0.25, -0.2) is 0 Å². The Morgan fingerprint density at radius 1 is 1.04 bits per heavy atom. The van der Waals surface area contributed by atoms with Gasteiger partial charge in [0.15, 0.2) is 18.1 Å². The molecule has 2 aromatic carbocycles. The van der Waals surface area contributed by atoms with Crippen LogP contribution in [-0.2, 0) is 14.3 Å². The van der Waals surface area contributed by atoms with E-state index in [0.29, 0.717) is 18.0 Å². The Bertz CT molecular complexity index is 804. The topological polar surface area (TPSA) is 65.1 Å². The van der Waals surface area contributed by atoms with Crippen LogP contribution in [0.3, 0.4) is 0 Å². The van der Waals surface area contributed by atoms with E-state index in [2.05, 4.69) is 0 Å². The highest BCUT2D eigenvalue weighted by molar-refractivity contribution is 5.97. The largest absolute Gasteiger partial charge is 0.493 e. The smallest absolute Gasteiger partial charge is 0.306 e. The minimum absolute atomic E-state index is 0.0751. The third kappa shape index (κ3) is 3.64. The SMILES string of the molecule is COC(=O)CC1CN(C(=O)COc2ccccc2OC)c2ccccc21. The summed E-state index contributed by atoms with van der Waals surface area (Å²) in [5, 5.41) is 0. The number of methoxy groups -OCH3 is 2. The number of para-hydroxylation sites is 3. The molecule has 1 aliphatic rings. The fraction of sp³-hybridized carbons (Fsp3) is 0.300. The zero-order valence-corrected chi connectivity index (χ0v) is 14.8. The van der Waals surface area contributed by atoms with E-state index < -0.39 is 0 Å². The van der Waals surface area contributed by atoms with Gasteiger partial charge in [-0.1, -0.05) is 30.3 Å². The molecule has 6 heteroatoms. The van der Waals surface area contributed by atoms with E-state index in [1.807, 2.05) is 36.4 Å². The van der Waals surface area contributed by atoms with Crippen molar-refractivity contribution in [2.75, 3.05) is 32.3 Å². The molecule has 3 rings (SSSR count). The fourth-order valence-electron chi connectivity index (χ4n) is 3.15. The molecule has 0 aromatic heterocycles. The van der Waals surface area contributed by atoms with Crippen LogP contribution in [0.4, 0.5) is 5.69 Å². The lowest BCUT2D eigenvalue weighted by molar-refractivity contribution is -0.141. The van der Waals surface area contributed by atoms with Crippen LogP contribution in [0.15, 0.2) is 48.5 Å². The lowest BCUT2D eigenvalue weighted by Gasteiger charge is -2.18. The number of carbonyl (C=O) groups is 2. The predicted octanol–water partition coefficient (Wildman–Crippen LogP) is 2.77. The molecule has 0 aliphatic carbocycles. The molecule has 0 radical (unpaired) electrons. The van der Waals surface area contributed by atoms with Crippen molar-refractivity contribution in [3.8, 4) is 11.5 Å². The molecule has 1 atom stereocenters. The first-order chi connectivity index (χ1) is 12.6. The van der Waals surface area contributed by atoms with Gasteiger partial charge in [0, 0.05) is 18.2 Å². The number of rotatable bonds is 6. The average Bonchev–Trinajstić information content (AvgIpc) is 3.05. The molecule has 0 fully saturated rings. The molecule has 26 heavy (non-hydrogen) atoms. The van der Waals surface area contributed by atoms with E-state index in [1.54, 1.807) is 24.1 Å². The second-order valence-electron chi connectivity index (χ2n) is 5.98. The standard InChI is InChI=1S/C20H21NO5/c1-24-17-9-5-6-10-18(17)26-13-19(22)21-12-14(11-20(23)25-2)15-7-3-4-8-16(15)21/h3-10,14H,11-13H2,1-2H3. The Labute approximate surface area is 152 Å². The van der Waals surface area contributed by atoms with Crippen molar-refractivity contribution in [3.63, 3.8) is 0 Å². The van der Waals surface area contributed by atoms with Gasteiger partial charge in [0.1, 0.15) is 0 Å². The third-order valence-electron chi connectivity index (χ3n) is 4.43. The highest BCUT2D eigenvalue weighted by Gasteiger charge is 2.33. The van der Waals surface area contributed by atoms with E-state index in [4.69, 9.17) is 14.2 Å². The van der Waals surface area contributed by atoms with Crippen molar-refractivity contribution in [1.29, 1.82) is 0 Å². The number of carbonyl (C=O) groups excluding carboxylic acids is 2. The Kier molecular flexibility index (Phi) is 5.41. The summed E-state index contributed by atoms with van der Waals surface area (Å²) in [6.45, 7) is 0.322. The molecule has 0 saturated carbocycles. The zero-order valence-electron chi connectivity index (χ0n) is 14.8. The van der Waals surface area contributed by atoms with E-state index >= 15 is 0 Å². The van der Waals surface area contributed by atoms with Gasteiger partial charge >= 0.3 is 5.97 Å². The lowest BCUT2D eigenvalue weighted by Crippen LogP contribution is -2.34. The average molecular weight is 355 g/mol. The fourth-order valence-corrected chi connectivity index (χ4v) is 3.15. The maximum Gasteiger partial charge on any atom is 0.306 e. The van der Waals surface area contributed by atoms with Crippen LogP contribution in [0.1, 0.15) is 17.9 Å². The molecule has 136 valence electrons. The van der Waals surface area contributed by atoms with Gasteiger partial charge in [-0.05, 0) is 23.8 Å². The first kappa shape index (κ1) is 17.8. The summed E-state index contributed by atoms with van der Waals surface area (Å²) >= 11 is 0. The van der Waals surface area contributed by atoms with Gasteiger partial charge in [-0.2, -0.15) is 0 Å². The van der Waals surface area contributed by atoms with E-state index in [-0.39, 0.29) is 30.8 Å². The molecule has 0 saturated heterocycles. The van der Waals surface area contributed by atoms with Gasteiger partial charge in [-0.15, -0.1) is 0 Å². The maximum absolute atomic E-state index is 12.7. The summed E-state index contributed by atoms with van der Waals surface area (Å²) in [4.78, 5) is 26.1. The number of fused-ring (bicyclic) bond motifs is 1. The quantitative estimate of drug-likeness (QED) is 0.746. The number of benzene rings is 2. The van der Waals surface area contributed by atoms with Crippen LogP contribution in [0.5, 0.6) is 11.5 Å². The monoisotopic (exact) mass is 355 g/mol. The molecule has 0 N–H and O–H groups in total. The number of ether oxygens (including phenoxy) is 3. The molecule has 1 unspecified atom stereocenters. The summed E-state index contributed by atoms with van der Waals surface area (Å²) in [5.41, 5.74) is 1.79. The molecular formula is C20H21NO5. The second kappa shape index (κ2) is 7.91. The van der Waals surface area contributed by atoms with Gasteiger partial charge in [0.05, 0.1) is 20.6 Å². The summed E-state index contributed by atoms with van der Waals surface area (Å²) < 4.78 is 15.7. The van der Waals surface area contributed by atoms with Gasteiger partial charge in [-0.3, -0.25) is 9.59 Å². The highest BCUT2D eigenvalue weighted by atomic mass is 16.5. The van der Waals surface area contributed by atoms with Crippen molar-refractivity contribution in [2.24, 2.45) is 0 Å². The Balaban J connectivity index is 1.72. The summed E-state index contributed by atoms with van der Waals surface area (Å²) in [6, 6.07) is 14.8. The zero-order chi connectivity index (χ0) is 18.5. The molecule has 6 nitrogen and oxygen atoms in total. The van der Waals surface area contributed by atoms with Crippen molar-refractivity contribution in [2.45, 2.75) is 12.3 Å².